The maximum Gasteiger partial charge on any atom is 0.247 e. The molecule has 0 N–H and O–H groups in total. The molecule has 1 unspecified atom stereocenters. The second kappa shape index (κ2) is 7.56. The van der Waals surface area contributed by atoms with Crippen LogP contribution in [-0.2, 0) is 20.0 Å². The number of benzene rings is 1. The summed E-state index contributed by atoms with van der Waals surface area (Å²) in [5.41, 5.74) is 2.27. The SMILES string of the molecule is C=CCN(C(=O)C=Cc1ccc(C(C)(C)C)cc1)C1CCS(=O)(=O)C1. The predicted octanol–water partition coefficient (Wildman–Crippen LogP) is 3.20. The van der Waals surface area contributed by atoms with Gasteiger partial charge in [-0.15, -0.1) is 6.58 Å². The first-order valence-corrected chi connectivity index (χ1v) is 10.3. The zero-order valence-corrected chi connectivity index (χ0v) is 16.1. The highest BCUT2D eigenvalue weighted by Gasteiger charge is 2.33. The molecule has 2 rings (SSSR count). The van der Waals surface area contributed by atoms with Crippen LogP contribution >= 0.6 is 0 Å². The molecule has 1 saturated heterocycles. The molecule has 0 aliphatic carbocycles. The van der Waals surface area contributed by atoms with E-state index in [1.165, 1.54) is 11.6 Å². The maximum absolute atomic E-state index is 12.5. The quantitative estimate of drug-likeness (QED) is 0.598. The van der Waals surface area contributed by atoms with Crippen molar-refractivity contribution in [3.8, 4) is 0 Å². The molecule has 1 aliphatic rings. The Bertz CT molecular complexity index is 755. The third-order valence-electron chi connectivity index (χ3n) is 4.45. The summed E-state index contributed by atoms with van der Waals surface area (Å²) in [6.45, 7) is 10.5. The standard InChI is InChI=1S/C20H27NO3S/c1-5-13-21(18-12-14-25(23,24)15-18)19(22)11-8-16-6-9-17(10-7-16)20(2,3)4/h5-11,18H,1,12-15H2,2-4H3. The number of carbonyl (C=O) groups excluding carboxylic acids is 1. The van der Waals surface area contributed by atoms with E-state index in [1.54, 1.807) is 17.1 Å². The smallest absolute Gasteiger partial charge is 0.247 e. The maximum atomic E-state index is 12.5. The number of hydrogen-bond acceptors (Lipinski definition) is 3. The number of carbonyl (C=O) groups is 1. The average molecular weight is 362 g/mol. The minimum Gasteiger partial charge on any atom is -0.331 e. The molecule has 1 fully saturated rings. The number of nitrogens with zero attached hydrogens (tertiary/aromatic N) is 1. The molecule has 0 radical (unpaired) electrons. The van der Waals surface area contributed by atoms with Gasteiger partial charge in [-0.2, -0.15) is 0 Å². The second-order valence-electron chi connectivity index (χ2n) is 7.54. The Hall–Kier alpha value is -1.88. The van der Waals surface area contributed by atoms with Crippen molar-refractivity contribution in [3.05, 3.63) is 54.1 Å². The van der Waals surface area contributed by atoms with Gasteiger partial charge in [-0.3, -0.25) is 4.79 Å². The highest BCUT2D eigenvalue weighted by Crippen LogP contribution is 2.23. The summed E-state index contributed by atoms with van der Waals surface area (Å²) in [4.78, 5) is 14.1. The predicted molar refractivity (Wildman–Crippen MR) is 103 cm³/mol. The molecule has 0 saturated carbocycles. The van der Waals surface area contributed by atoms with E-state index in [0.717, 1.165) is 5.56 Å². The summed E-state index contributed by atoms with van der Waals surface area (Å²) < 4.78 is 23.4. The van der Waals surface area contributed by atoms with Gasteiger partial charge >= 0.3 is 0 Å². The highest BCUT2D eigenvalue weighted by molar-refractivity contribution is 7.91. The first-order chi connectivity index (χ1) is 11.6. The molecule has 1 aromatic carbocycles. The van der Waals surface area contributed by atoms with Gasteiger partial charge in [0.05, 0.1) is 11.5 Å². The molecule has 1 aromatic rings. The van der Waals surface area contributed by atoms with Gasteiger partial charge in [0.1, 0.15) is 0 Å². The molecule has 1 aliphatic heterocycles. The van der Waals surface area contributed by atoms with Crippen molar-refractivity contribution >= 4 is 21.8 Å². The van der Waals surface area contributed by atoms with Gasteiger partial charge in [0, 0.05) is 18.7 Å². The molecule has 4 nitrogen and oxygen atoms in total. The molecule has 0 bridgehead atoms. The van der Waals surface area contributed by atoms with E-state index in [0.29, 0.717) is 13.0 Å². The Morgan fingerprint density at radius 2 is 1.92 bits per heavy atom. The van der Waals surface area contributed by atoms with Crippen LogP contribution in [0.2, 0.25) is 0 Å². The largest absolute Gasteiger partial charge is 0.331 e. The van der Waals surface area contributed by atoms with Crippen LogP contribution in [0.25, 0.3) is 6.08 Å². The molecule has 1 heterocycles. The molecule has 0 spiro atoms. The number of amides is 1. The summed E-state index contributed by atoms with van der Waals surface area (Å²) in [6, 6.07) is 7.85. The number of hydrogen-bond donors (Lipinski definition) is 0. The normalized spacial score (nSPS) is 19.9. The summed E-state index contributed by atoms with van der Waals surface area (Å²) in [5, 5.41) is 0. The van der Waals surface area contributed by atoms with E-state index in [1.807, 2.05) is 12.1 Å². The first-order valence-electron chi connectivity index (χ1n) is 8.53. The van der Waals surface area contributed by atoms with Crippen molar-refractivity contribution in [1.29, 1.82) is 0 Å². The van der Waals surface area contributed by atoms with Crippen LogP contribution in [0.3, 0.4) is 0 Å². The van der Waals surface area contributed by atoms with Crippen molar-refractivity contribution in [1.82, 2.24) is 4.90 Å². The van der Waals surface area contributed by atoms with E-state index < -0.39 is 9.84 Å². The molecule has 1 amide bonds. The zero-order valence-electron chi connectivity index (χ0n) is 15.2. The summed E-state index contributed by atoms with van der Waals surface area (Å²) in [6.07, 6.45) is 5.42. The highest BCUT2D eigenvalue weighted by atomic mass is 32.2. The van der Waals surface area contributed by atoms with Gasteiger partial charge < -0.3 is 4.90 Å². The molecule has 1 atom stereocenters. The van der Waals surface area contributed by atoms with Crippen molar-refractivity contribution < 1.29 is 13.2 Å². The third kappa shape index (κ3) is 5.30. The fourth-order valence-corrected chi connectivity index (χ4v) is 4.67. The van der Waals surface area contributed by atoms with Crippen molar-refractivity contribution in [3.63, 3.8) is 0 Å². The van der Waals surface area contributed by atoms with Crippen LogP contribution in [0.4, 0.5) is 0 Å². The average Bonchev–Trinajstić information content (AvgIpc) is 2.89. The van der Waals surface area contributed by atoms with Crippen LogP contribution in [0.1, 0.15) is 38.3 Å². The van der Waals surface area contributed by atoms with Crippen molar-refractivity contribution in [2.75, 3.05) is 18.1 Å². The van der Waals surface area contributed by atoms with Gasteiger partial charge in [0.15, 0.2) is 9.84 Å². The van der Waals surface area contributed by atoms with Crippen LogP contribution in [0.15, 0.2) is 43.0 Å². The van der Waals surface area contributed by atoms with Crippen LogP contribution < -0.4 is 0 Å². The lowest BCUT2D eigenvalue weighted by molar-refractivity contribution is -0.127. The number of sulfone groups is 1. The van der Waals surface area contributed by atoms with Crippen LogP contribution in [-0.4, -0.2) is 43.3 Å². The van der Waals surface area contributed by atoms with Gasteiger partial charge in [-0.05, 0) is 29.0 Å². The van der Waals surface area contributed by atoms with Gasteiger partial charge in [0.25, 0.3) is 0 Å². The first kappa shape index (κ1) is 19.4. The van der Waals surface area contributed by atoms with Crippen molar-refractivity contribution in [2.24, 2.45) is 0 Å². The summed E-state index contributed by atoms with van der Waals surface area (Å²) in [5.74, 6) is 0.0129. The van der Waals surface area contributed by atoms with Crippen molar-refractivity contribution in [2.45, 2.75) is 38.6 Å². The molecule has 5 heteroatoms. The minimum absolute atomic E-state index is 0.0424. The lowest BCUT2D eigenvalue weighted by Gasteiger charge is -2.25. The van der Waals surface area contributed by atoms with Gasteiger partial charge in [-0.1, -0.05) is 51.1 Å². The monoisotopic (exact) mass is 361 g/mol. The Kier molecular flexibility index (Phi) is 5.88. The Labute approximate surface area is 151 Å². The topological polar surface area (TPSA) is 54.5 Å². The molecular weight excluding hydrogens is 334 g/mol. The van der Waals surface area contributed by atoms with E-state index in [9.17, 15) is 13.2 Å². The van der Waals surface area contributed by atoms with E-state index in [4.69, 9.17) is 0 Å². The lowest BCUT2D eigenvalue weighted by Crippen LogP contribution is -2.40. The zero-order chi connectivity index (χ0) is 18.7. The fraction of sp³-hybridized carbons (Fsp3) is 0.450. The van der Waals surface area contributed by atoms with Crippen LogP contribution in [0, 0.1) is 0 Å². The summed E-state index contributed by atoms with van der Waals surface area (Å²) >= 11 is 0. The lowest BCUT2D eigenvalue weighted by atomic mass is 9.87. The second-order valence-corrected chi connectivity index (χ2v) is 9.77. The number of rotatable bonds is 5. The molecule has 136 valence electrons. The van der Waals surface area contributed by atoms with Gasteiger partial charge in [-0.25, -0.2) is 8.42 Å². The van der Waals surface area contributed by atoms with E-state index >= 15 is 0 Å². The van der Waals surface area contributed by atoms with Gasteiger partial charge in [0.2, 0.25) is 5.91 Å². The Balaban J connectivity index is 2.10. The third-order valence-corrected chi connectivity index (χ3v) is 6.20. The summed E-state index contributed by atoms with van der Waals surface area (Å²) in [7, 11) is -3.03. The van der Waals surface area contributed by atoms with E-state index in [-0.39, 0.29) is 28.9 Å². The fourth-order valence-electron chi connectivity index (χ4n) is 2.94. The Morgan fingerprint density at radius 1 is 1.28 bits per heavy atom. The Morgan fingerprint density at radius 3 is 2.40 bits per heavy atom. The molecule has 25 heavy (non-hydrogen) atoms. The molecular formula is C20H27NO3S. The molecule has 0 aromatic heterocycles. The van der Waals surface area contributed by atoms with Crippen LogP contribution in [0.5, 0.6) is 0 Å². The van der Waals surface area contributed by atoms with E-state index in [2.05, 4.69) is 39.5 Å². The minimum atomic E-state index is -3.03.